The zero-order valence-electron chi connectivity index (χ0n) is 16.3. The molecule has 1 N–H and O–H groups in total. The summed E-state index contributed by atoms with van der Waals surface area (Å²) < 4.78 is 13.8. The number of carbonyl (C=O) groups excluding carboxylic acids is 2. The molecule has 0 atom stereocenters. The van der Waals surface area contributed by atoms with Gasteiger partial charge < -0.3 is 14.9 Å². The molecule has 0 saturated carbocycles. The summed E-state index contributed by atoms with van der Waals surface area (Å²) in [6.45, 7) is 3.42. The molecule has 2 fully saturated rings. The van der Waals surface area contributed by atoms with Crippen molar-refractivity contribution in [1.29, 1.82) is 0 Å². The lowest BCUT2D eigenvalue weighted by Gasteiger charge is -2.32. The summed E-state index contributed by atoms with van der Waals surface area (Å²) in [4.78, 5) is 27.8. The predicted molar refractivity (Wildman–Crippen MR) is 109 cm³/mol. The minimum Gasteiger partial charge on any atom is -0.504 e. The van der Waals surface area contributed by atoms with Crippen molar-refractivity contribution in [2.45, 2.75) is 31.6 Å². The maximum atomic E-state index is 13.8. The molecule has 0 spiro atoms. The Hall–Kier alpha value is -2.89. The predicted octanol–water partition coefficient (Wildman–Crippen LogP) is 3.96. The zero-order chi connectivity index (χ0) is 20.4. The molecular weight excluding hydrogens is 371 g/mol. The summed E-state index contributed by atoms with van der Waals surface area (Å²) in [6, 6.07) is 11.0. The van der Waals surface area contributed by atoms with Crippen LogP contribution in [-0.4, -0.2) is 48.4 Å². The SMILES string of the molecule is O=Cc1cc(C(=O)N2CCC(c3ccc(N4CCCC4)cc3)CC2)cc(F)c1O. The zero-order valence-corrected chi connectivity index (χ0v) is 16.3. The van der Waals surface area contributed by atoms with Crippen LogP contribution in [0.15, 0.2) is 36.4 Å². The van der Waals surface area contributed by atoms with E-state index in [1.54, 1.807) is 4.90 Å². The van der Waals surface area contributed by atoms with E-state index in [2.05, 4.69) is 29.2 Å². The van der Waals surface area contributed by atoms with Crippen molar-refractivity contribution in [2.24, 2.45) is 0 Å². The highest BCUT2D eigenvalue weighted by Crippen LogP contribution is 2.31. The number of rotatable bonds is 4. The molecule has 2 saturated heterocycles. The van der Waals surface area contributed by atoms with Crippen LogP contribution < -0.4 is 4.90 Å². The second-order valence-corrected chi connectivity index (χ2v) is 7.87. The molecule has 4 rings (SSSR count). The number of carbonyl (C=O) groups is 2. The molecule has 0 radical (unpaired) electrons. The van der Waals surface area contributed by atoms with E-state index in [1.807, 2.05) is 0 Å². The van der Waals surface area contributed by atoms with Crippen molar-refractivity contribution in [3.8, 4) is 5.75 Å². The number of hydrogen-bond acceptors (Lipinski definition) is 4. The first-order valence-electron chi connectivity index (χ1n) is 10.2. The van der Waals surface area contributed by atoms with Gasteiger partial charge in [-0.2, -0.15) is 0 Å². The highest BCUT2D eigenvalue weighted by molar-refractivity contribution is 5.96. The molecule has 2 heterocycles. The summed E-state index contributed by atoms with van der Waals surface area (Å²) in [5.74, 6) is -1.58. The van der Waals surface area contributed by atoms with E-state index in [0.717, 1.165) is 32.0 Å². The first kappa shape index (κ1) is 19.4. The summed E-state index contributed by atoms with van der Waals surface area (Å²) in [5, 5.41) is 9.53. The minimum absolute atomic E-state index is 0.0933. The van der Waals surface area contributed by atoms with E-state index in [1.165, 1.54) is 30.2 Å². The maximum Gasteiger partial charge on any atom is 0.253 e. The Morgan fingerprint density at radius 1 is 1.03 bits per heavy atom. The normalized spacial score (nSPS) is 17.6. The lowest BCUT2D eigenvalue weighted by molar-refractivity contribution is 0.0712. The van der Waals surface area contributed by atoms with Gasteiger partial charge in [0.15, 0.2) is 17.9 Å². The van der Waals surface area contributed by atoms with Crippen molar-refractivity contribution in [3.05, 3.63) is 58.9 Å². The summed E-state index contributed by atoms with van der Waals surface area (Å²) >= 11 is 0. The molecule has 2 aliphatic heterocycles. The number of aromatic hydroxyl groups is 1. The fourth-order valence-corrected chi connectivity index (χ4v) is 4.36. The third kappa shape index (κ3) is 3.97. The molecule has 0 unspecified atom stereocenters. The summed E-state index contributed by atoms with van der Waals surface area (Å²) in [6.07, 6.45) is 4.56. The second kappa shape index (κ2) is 8.23. The highest BCUT2D eigenvalue weighted by atomic mass is 19.1. The van der Waals surface area contributed by atoms with Gasteiger partial charge in [-0.05, 0) is 61.4 Å². The van der Waals surface area contributed by atoms with Crippen molar-refractivity contribution >= 4 is 17.9 Å². The number of hydrogen-bond donors (Lipinski definition) is 1. The number of aldehydes is 1. The van der Waals surface area contributed by atoms with Gasteiger partial charge in [0.25, 0.3) is 5.91 Å². The van der Waals surface area contributed by atoms with E-state index >= 15 is 0 Å². The monoisotopic (exact) mass is 396 g/mol. The van der Waals surface area contributed by atoms with Gasteiger partial charge in [0.05, 0.1) is 5.56 Å². The van der Waals surface area contributed by atoms with Gasteiger partial charge >= 0.3 is 0 Å². The first-order chi connectivity index (χ1) is 14.1. The number of benzene rings is 2. The highest BCUT2D eigenvalue weighted by Gasteiger charge is 2.26. The Bertz CT molecular complexity index is 899. The van der Waals surface area contributed by atoms with Crippen LogP contribution in [0, 0.1) is 5.82 Å². The van der Waals surface area contributed by atoms with Crippen LogP contribution in [0.1, 0.15) is 57.9 Å². The minimum atomic E-state index is -0.953. The molecular formula is C23H25FN2O3. The maximum absolute atomic E-state index is 13.8. The van der Waals surface area contributed by atoms with Gasteiger partial charge in [-0.3, -0.25) is 9.59 Å². The Morgan fingerprint density at radius 3 is 2.31 bits per heavy atom. The van der Waals surface area contributed by atoms with E-state index in [4.69, 9.17) is 0 Å². The van der Waals surface area contributed by atoms with Gasteiger partial charge in [0.2, 0.25) is 0 Å². The smallest absolute Gasteiger partial charge is 0.253 e. The Morgan fingerprint density at radius 2 is 1.69 bits per heavy atom. The van der Waals surface area contributed by atoms with Crippen molar-refractivity contribution < 1.29 is 19.1 Å². The molecule has 5 nitrogen and oxygen atoms in total. The molecule has 0 aliphatic carbocycles. The average Bonchev–Trinajstić information content (AvgIpc) is 3.30. The van der Waals surface area contributed by atoms with Gasteiger partial charge in [-0.1, -0.05) is 12.1 Å². The van der Waals surface area contributed by atoms with Crippen molar-refractivity contribution in [2.75, 3.05) is 31.1 Å². The standard InChI is InChI=1S/C23H25FN2O3/c24-21-14-18(13-19(15-27)22(21)28)23(29)26-11-7-17(8-12-26)16-3-5-20(6-4-16)25-9-1-2-10-25/h3-6,13-15,17,28H,1-2,7-12H2. The Balaban J connectivity index is 1.39. The number of nitrogens with zero attached hydrogens (tertiary/aromatic N) is 2. The van der Waals surface area contributed by atoms with Crippen LogP contribution >= 0.6 is 0 Å². The Labute approximate surface area is 169 Å². The first-order valence-corrected chi connectivity index (χ1v) is 10.2. The molecule has 2 aromatic carbocycles. The molecule has 29 heavy (non-hydrogen) atoms. The van der Waals surface area contributed by atoms with Gasteiger partial charge in [0.1, 0.15) is 0 Å². The van der Waals surface area contributed by atoms with E-state index in [0.29, 0.717) is 25.3 Å². The molecule has 0 aromatic heterocycles. The third-order valence-electron chi connectivity index (χ3n) is 6.08. The van der Waals surface area contributed by atoms with Crippen LogP contribution in [0.4, 0.5) is 10.1 Å². The average molecular weight is 396 g/mol. The fraction of sp³-hybridized carbons (Fsp3) is 0.391. The number of phenols is 1. The van der Waals surface area contributed by atoms with Crippen LogP contribution in [0.5, 0.6) is 5.75 Å². The molecule has 152 valence electrons. The summed E-state index contributed by atoms with van der Waals surface area (Å²) in [5.41, 5.74) is 2.45. The van der Waals surface area contributed by atoms with Crippen LogP contribution in [0.2, 0.25) is 0 Å². The fourth-order valence-electron chi connectivity index (χ4n) is 4.36. The van der Waals surface area contributed by atoms with Crippen LogP contribution in [-0.2, 0) is 0 Å². The molecule has 1 amide bonds. The second-order valence-electron chi connectivity index (χ2n) is 7.87. The lowest BCUT2D eigenvalue weighted by Crippen LogP contribution is -2.38. The molecule has 0 bridgehead atoms. The number of likely N-dealkylation sites (tertiary alicyclic amines) is 1. The van der Waals surface area contributed by atoms with E-state index in [9.17, 15) is 19.1 Å². The van der Waals surface area contributed by atoms with Gasteiger partial charge in [-0.15, -0.1) is 0 Å². The number of phenolic OH excluding ortho intramolecular Hbond substituents is 1. The topological polar surface area (TPSA) is 60.9 Å². The van der Waals surface area contributed by atoms with E-state index < -0.39 is 11.6 Å². The number of anilines is 1. The third-order valence-corrected chi connectivity index (χ3v) is 6.08. The van der Waals surface area contributed by atoms with Crippen molar-refractivity contribution in [3.63, 3.8) is 0 Å². The Kier molecular flexibility index (Phi) is 5.51. The number of halogens is 1. The van der Waals surface area contributed by atoms with Crippen molar-refractivity contribution in [1.82, 2.24) is 4.90 Å². The molecule has 2 aromatic rings. The molecule has 2 aliphatic rings. The van der Waals surface area contributed by atoms with Gasteiger partial charge in [-0.25, -0.2) is 4.39 Å². The van der Waals surface area contributed by atoms with Crippen LogP contribution in [0.25, 0.3) is 0 Å². The molecule has 6 heteroatoms. The largest absolute Gasteiger partial charge is 0.504 e. The number of amides is 1. The number of piperidine rings is 1. The quantitative estimate of drug-likeness (QED) is 0.795. The summed E-state index contributed by atoms with van der Waals surface area (Å²) in [7, 11) is 0. The lowest BCUT2D eigenvalue weighted by atomic mass is 9.89. The van der Waals surface area contributed by atoms with Crippen LogP contribution in [0.3, 0.4) is 0 Å². The van der Waals surface area contributed by atoms with Gasteiger partial charge in [0, 0.05) is 37.4 Å². The van der Waals surface area contributed by atoms with E-state index in [-0.39, 0.29) is 17.0 Å².